The van der Waals surface area contributed by atoms with Crippen molar-refractivity contribution in [1.29, 1.82) is 0 Å². The van der Waals surface area contributed by atoms with Gasteiger partial charge in [-0.1, -0.05) is 42.5 Å². The Balaban J connectivity index is 1.82. The Labute approximate surface area is 152 Å². The molecule has 7 nitrogen and oxygen atoms in total. The number of carbonyl (C=O) groups excluding carboxylic acids is 1. The minimum Gasteiger partial charge on any atom is -0.445 e. The van der Waals surface area contributed by atoms with Crippen LogP contribution < -0.4 is 5.32 Å². The number of hydrogen-bond acceptors (Lipinski definition) is 6. The first-order chi connectivity index (χ1) is 12.3. The molecule has 2 aromatic rings. The second kappa shape index (κ2) is 8.79. The highest BCUT2D eigenvalue weighted by atomic mass is 32.2. The van der Waals surface area contributed by atoms with Crippen molar-refractivity contribution in [2.75, 3.05) is 12.8 Å². The van der Waals surface area contributed by atoms with E-state index >= 15 is 0 Å². The summed E-state index contributed by atoms with van der Waals surface area (Å²) in [7, 11) is -3.33. The van der Waals surface area contributed by atoms with Crippen LogP contribution in [0.4, 0.5) is 4.79 Å². The number of ether oxygens (including phenoxy) is 1. The third kappa shape index (κ3) is 5.83. The van der Waals surface area contributed by atoms with E-state index in [0.29, 0.717) is 5.56 Å². The van der Waals surface area contributed by atoms with Crippen molar-refractivity contribution in [3.63, 3.8) is 0 Å². The summed E-state index contributed by atoms with van der Waals surface area (Å²) >= 11 is 0. The number of hydrogen-bond donors (Lipinski definition) is 3. The Kier molecular flexibility index (Phi) is 6.73. The molecular formula is C18H21NO6S. The number of carbonyl (C=O) groups is 1. The van der Waals surface area contributed by atoms with Gasteiger partial charge < -0.3 is 20.3 Å². The molecule has 0 aromatic heterocycles. The van der Waals surface area contributed by atoms with E-state index in [1.54, 1.807) is 0 Å². The van der Waals surface area contributed by atoms with Gasteiger partial charge in [-0.2, -0.15) is 0 Å². The Morgan fingerprint density at radius 3 is 2.27 bits per heavy atom. The van der Waals surface area contributed by atoms with Crippen LogP contribution in [0.15, 0.2) is 59.5 Å². The highest BCUT2D eigenvalue weighted by molar-refractivity contribution is 7.90. The fraction of sp³-hybridized carbons (Fsp3) is 0.278. The Bertz CT molecular complexity index is 821. The Hall–Kier alpha value is -2.42. The molecule has 0 saturated heterocycles. The number of nitrogens with one attached hydrogen (secondary N) is 1. The van der Waals surface area contributed by atoms with Crippen LogP contribution in [0.3, 0.4) is 0 Å². The summed E-state index contributed by atoms with van der Waals surface area (Å²) in [6.45, 7) is -0.124. The normalized spacial score (nSPS) is 13.7. The molecule has 8 heteroatoms. The van der Waals surface area contributed by atoms with Crippen LogP contribution in [0, 0.1) is 0 Å². The van der Waals surface area contributed by atoms with Crippen LogP contribution in [0.2, 0.25) is 0 Å². The van der Waals surface area contributed by atoms with Crippen LogP contribution >= 0.6 is 0 Å². The Morgan fingerprint density at radius 2 is 1.69 bits per heavy atom. The van der Waals surface area contributed by atoms with Gasteiger partial charge in [0.2, 0.25) is 0 Å². The highest BCUT2D eigenvalue weighted by Crippen LogP contribution is 2.19. The zero-order chi connectivity index (χ0) is 19.2. The fourth-order valence-electron chi connectivity index (χ4n) is 2.21. The largest absolute Gasteiger partial charge is 0.445 e. The lowest BCUT2D eigenvalue weighted by Crippen LogP contribution is -2.35. The highest BCUT2D eigenvalue weighted by Gasteiger charge is 2.20. The van der Waals surface area contributed by atoms with Gasteiger partial charge in [0.15, 0.2) is 9.84 Å². The molecule has 0 radical (unpaired) electrons. The maximum absolute atomic E-state index is 11.6. The monoisotopic (exact) mass is 379 g/mol. The van der Waals surface area contributed by atoms with Crippen LogP contribution in [0.1, 0.15) is 17.2 Å². The SMILES string of the molecule is CS(=O)(=O)c1ccc(C(O)C(O)CNC(=O)OCc2ccccc2)cc1. The van der Waals surface area contributed by atoms with E-state index in [2.05, 4.69) is 5.32 Å². The number of aliphatic hydroxyl groups is 2. The second-order valence-electron chi connectivity index (χ2n) is 5.80. The van der Waals surface area contributed by atoms with Gasteiger partial charge in [0.1, 0.15) is 18.8 Å². The van der Waals surface area contributed by atoms with E-state index in [1.807, 2.05) is 30.3 Å². The van der Waals surface area contributed by atoms with Crippen LogP contribution in [-0.4, -0.2) is 43.6 Å². The van der Waals surface area contributed by atoms with Crippen LogP contribution in [0.25, 0.3) is 0 Å². The van der Waals surface area contributed by atoms with Crippen LogP contribution in [0.5, 0.6) is 0 Å². The maximum atomic E-state index is 11.6. The van der Waals surface area contributed by atoms with Gasteiger partial charge in [-0.3, -0.25) is 0 Å². The average molecular weight is 379 g/mol. The number of alkyl carbamates (subject to hydrolysis) is 1. The number of benzene rings is 2. The summed E-state index contributed by atoms with van der Waals surface area (Å²) in [5.41, 5.74) is 1.17. The predicted molar refractivity (Wildman–Crippen MR) is 95.1 cm³/mol. The van der Waals surface area contributed by atoms with E-state index in [4.69, 9.17) is 4.74 Å². The maximum Gasteiger partial charge on any atom is 0.407 e. The smallest absolute Gasteiger partial charge is 0.407 e. The molecule has 2 rings (SSSR count). The van der Waals surface area contributed by atoms with Crippen molar-refractivity contribution in [2.24, 2.45) is 0 Å². The van der Waals surface area contributed by atoms with E-state index in [9.17, 15) is 23.4 Å². The van der Waals surface area contributed by atoms with Gasteiger partial charge in [0, 0.05) is 12.8 Å². The summed E-state index contributed by atoms with van der Waals surface area (Å²) < 4.78 is 27.8. The molecule has 26 heavy (non-hydrogen) atoms. The van der Waals surface area contributed by atoms with Crippen LogP contribution in [-0.2, 0) is 21.2 Å². The molecule has 0 spiro atoms. The van der Waals surface area contributed by atoms with Gasteiger partial charge in [-0.25, -0.2) is 13.2 Å². The molecule has 1 amide bonds. The standard InChI is InChI=1S/C18H21NO6S/c1-26(23,24)15-9-7-14(8-10-15)17(21)16(20)11-19-18(22)25-12-13-5-3-2-4-6-13/h2-10,16-17,20-21H,11-12H2,1H3,(H,19,22). The van der Waals surface area contributed by atoms with Gasteiger partial charge in [-0.05, 0) is 23.3 Å². The third-order valence-electron chi connectivity index (χ3n) is 3.68. The molecule has 0 saturated carbocycles. The van der Waals surface area contributed by atoms with Gasteiger partial charge in [0.05, 0.1) is 4.90 Å². The summed E-state index contributed by atoms with van der Waals surface area (Å²) in [5.74, 6) is 0. The molecule has 140 valence electrons. The number of rotatable bonds is 7. The molecule has 2 atom stereocenters. The number of sulfone groups is 1. The summed E-state index contributed by atoms with van der Waals surface area (Å²) in [4.78, 5) is 11.8. The molecule has 2 unspecified atom stereocenters. The van der Waals surface area contributed by atoms with Gasteiger partial charge in [0.25, 0.3) is 0 Å². The first-order valence-electron chi connectivity index (χ1n) is 7.88. The van der Waals surface area contributed by atoms with Crippen molar-refractivity contribution in [3.05, 3.63) is 65.7 Å². The topological polar surface area (TPSA) is 113 Å². The summed E-state index contributed by atoms with van der Waals surface area (Å²) in [5, 5.41) is 22.5. The van der Waals surface area contributed by atoms with Gasteiger partial charge in [-0.15, -0.1) is 0 Å². The lowest BCUT2D eigenvalue weighted by molar-refractivity contribution is 0.0184. The molecule has 2 aromatic carbocycles. The van der Waals surface area contributed by atoms with Crippen molar-refractivity contribution in [2.45, 2.75) is 23.7 Å². The third-order valence-corrected chi connectivity index (χ3v) is 4.81. The fourth-order valence-corrected chi connectivity index (χ4v) is 2.84. The van der Waals surface area contributed by atoms with E-state index in [1.165, 1.54) is 24.3 Å². The molecule has 0 bridgehead atoms. The Morgan fingerprint density at radius 1 is 1.08 bits per heavy atom. The quantitative estimate of drug-likeness (QED) is 0.670. The molecule has 0 aliphatic carbocycles. The zero-order valence-electron chi connectivity index (χ0n) is 14.2. The molecule has 0 aliphatic heterocycles. The lowest BCUT2D eigenvalue weighted by Gasteiger charge is -2.19. The minimum absolute atomic E-state index is 0.0955. The predicted octanol–water partition coefficient (Wildman–Crippen LogP) is 1.41. The lowest BCUT2D eigenvalue weighted by atomic mass is 10.0. The first-order valence-corrected chi connectivity index (χ1v) is 9.77. The van der Waals surface area contributed by atoms with Crippen molar-refractivity contribution in [3.8, 4) is 0 Å². The van der Waals surface area contributed by atoms with Crippen molar-refractivity contribution >= 4 is 15.9 Å². The number of amides is 1. The second-order valence-corrected chi connectivity index (χ2v) is 7.81. The summed E-state index contributed by atoms with van der Waals surface area (Å²) in [6, 6.07) is 14.7. The van der Waals surface area contributed by atoms with Gasteiger partial charge >= 0.3 is 6.09 Å². The average Bonchev–Trinajstić information content (AvgIpc) is 2.64. The molecular weight excluding hydrogens is 358 g/mol. The van der Waals surface area contributed by atoms with Crippen molar-refractivity contribution in [1.82, 2.24) is 5.32 Å². The van der Waals surface area contributed by atoms with Crippen molar-refractivity contribution < 1.29 is 28.2 Å². The minimum atomic E-state index is -3.33. The molecule has 0 heterocycles. The molecule has 0 aliphatic rings. The van der Waals surface area contributed by atoms with E-state index < -0.39 is 28.1 Å². The summed E-state index contributed by atoms with van der Waals surface area (Å²) in [6.07, 6.45) is -2.19. The zero-order valence-corrected chi connectivity index (χ0v) is 15.0. The van der Waals surface area contributed by atoms with E-state index in [-0.39, 0.29) is 18.0 Å². The molecule has 0 fully saturated rings. The number of aliphatic hydroxyl groups excluding tert-OH is 2. The molecule has 3 N–H and O–H groups in total. The van der Waals surface area contributed by atoms with E-state index in [0.717, 1.165) is 11.8 Å². The first kappa shape index (κ1) is 19.9.